The average Bonchev–Trinajstić information content (AvgIpc) is 3.56. The Bertz CT molecular complexity index is 1590. The number of benzene rings is 2. The molecule has 8 nitrogen and oxygen atoms in total. The number of carbonyl (C=O) groups is 1. The molecule has 1 unspecified atom stereocenters. The van der Waals surface area contributed by atoms with Crippen LogP contribution in [0.15, 0.2) is 54.6 Å². The third kappa shape index (κ3) is 6.28. The molecule has 0 radical (unpaired) electrons. The van der Waals surface area contributed by atoms with Gasteiger partial charge in [-0.05, 0) is 68.8 Å². The van der Waals surface area contributed by atoms with E-state index in [0.29, 0.717) is 35.5 Å². The number of carboxylic acids is 1. The first kappa shape index (κ1) is 28.6. The minimum atomic E-state index is -0.941. The number of hydrogen-bond acceptors (Lipinski definition) is 6. The molecule has 2 aliphatic heterocycles. The van der Waals surface area contributed by atoms with Gasteiger partial charge in [0.2, 0.25) is 5.88 Å². The van der Waals surface area contributed by atoms with Crippen LogP contribution in [0.25, 0.3) is 11.0 Å². The van der Waals surface area contributed by atoms with Crippen LogP contribution in [0.4, 0.5) is 4.39 Å². The number of rotatable bonds is 9. The highest BCUT2D eigenvalue weighted by atomic mass is 35.5. The normalized spacial score (nSPS) is 19.9. The first-order chi connectivity index (χ1) is 20.3. The molecule has 1 N–H and O–H groups in total. The first-order valence-corrected chi connectivity index (χ1v) is 14.7. The standard InChI is InChI=1S/C32H34ClFN4O4/c1-32(11-14-41-20-32)19-38-28-15-22(31(39)40)6-8-27(28)35-29(38)17-37-12-9-21(10-13-37)26-3-2-4-30(36-26)42-18-23-5-7-24(33)16-25(23)34/h2-8,15-16,21H,9-14,17-20H2,1H3,(H,39,40). The van der Waals surface area contributed by atoms with Crippen molar-refractivity contribution in [3.05, 3.63) is 88.1 Å². The maximum Gasteiger partial charge on any atom is 0.335 e. The molecule has 2 aromatic heterocycles. The molecule has 2 fully saturated rings. The van der Waals surface area contributed by atoms with Gasteiger partial charge in [-0.1, -0.05) is 30.7 Å². The Labute approximate surface area is 249 Å². The van der Waals surface area contributed by atoms with Crippen LogP contribution in [0.1, 0.15) is 59.5 Å². The fourth-order valence-corrected chi connectivity index (χ4v) is 6.09. The van der Waals surface area contributed by atoms with Gasteiger partial charge in [0.1, 0.15) is 18.2 Å². The second kappa shape index (κ2) is 12.0. The van der Waals surface area contributed by atoms with Crippen molar-refractivity contribution in [1.29, 1.82) is 0 Å². The SMILES string of the molecule is CC1(Cn2c(CN3CCC(c4cccc(OCc5ccc(Cl)cc5F)n4)CC3)nc3ccc(C(=O)O)cc32)CCOC1. The Morgan fingerprint density at radius 1 is 1.17 bits per heavy atom. The van der Waals surface area contributed by atoms with Crippen LogP contribution in [0.5, 0.6) is 5.88 Å². The molecule has 0 amide bonds. The van der Waals surface area contributed by atoms with E-state index in [-0.39, 0.29) is 17.6 Å². The first-order valence-electron chi connectivity index (χ1n) is 14.3. The third-order valence-electron chi connectivity index (χ3n) is 8.42. The number of ether oxygens (including phenoxy) is 2. The Kier molecular flexibility index (Phi) is 8.16. The molecule has 220 valence electrons. The van der Waals surface area contributed by atoms with Crippen LogP contribution >= 0.6 is 11.6 Å². The van der Waals surface area contributed by atoms with Crippen molar-refractivity contribution < 1.29 is 23.8 Å². The van der Waals surface area contributed by atoms with E-state index in [1.54, 1.807) is 36.4 Å². The highest BCUT2D eigenvalue weighted by molar-refractivity contribution is 6.30. The van der Waals surface area contributed by atoms with Gasteiger partial charge in [-0.3, -0.25) is 4.90 Å². The summed E-state index contributed by atoms with van der Waals surface area (Å²) in [6.45, 7) is 6.91. The van der Waals surface area contributed by atoms with Crippen LogP contribution < -0.4 is 4.74 Å². The van der Waals surface area contributed by atoms with Gasteiger partial charge in [-0.2, -0.15) is 0 Å². The number of aromatic nitrogens is 3. The van der Waals surface area contributed by atoms with Crippen LogP contribution in [0.3, 0.4) is 0 Å². The monoisotopic (exact) mass is 592 g/mol. The lowest BCUT2D eigenvalue weighted by Crippen LogP contribution is -2.34. The van der Waals surface area contributed by atoms with Gasteiger partial charge in [0.05, 0.1) is 29.7 Å². The molecular formula is C32H34ClFN4O4. The Morgan fingerprint density at radius 3 is 2.74 bits per heavy atom. The van der Waals surface area contributed by atoms with Gasteiger partial charge in [-0.25, -0.2) is 19.2 Å². The van der Waals surface area contributed by atoms with E-state index < -0.39 is 11.8 Å². The Morgan fingerprint density at radius 2 is 2.00 bits per heavy atom. The molecule has 4 heterocycles. The summed E-state index contributed by atoms with van der Waals surface area (Å²) >= 11 is 5.85. The number of halogens is 2. The molecule has 1 atom stereocenters. The van der Waals surface area contributed by atoms with E-state index in [2.05, 4.69) is 16.4 Å². The summed E-state index contributed by atoms with van der Waals surface area (Å²) in [6, 6.07) is 15.5. The quantitative estimate of drug-likeness (QED) is 0.244. The number of imidazole rings is 1. The molecule has 10 heteroatoms. The van der Waals surface area contributed by atoms with Gasteiger partial charge in [0, 0.05) is 46.8 Å². The average molecular weight is 593 g/mol. The van der Waals surface area contributed by atoms with Crippen LogP contribution in [0, 0.1) is 11.2 Å². The Balaban J connectivity index is 1.13. The van der Waals surface area contributed by atoms with Gasteiger partial charge >= 0.3 is 5.97 Å². The predicted octanol–water partition coefficient (Wildman–Crippen LogP) is 6.31. The van der Waals surface area contributed by atoms with Crippen LogP contribution in [0.2, 0.25) is 5.02 Å². The molecule has 2 aliphatic rings. The topological polar surface area (TPSA) is 89.7 Å². The maximum atomic E-state index is 14.1. The summed E-state index contributed by atoms with van der Waals surface area (Å²) in [5.74, 6) is 0.380. The highest BCUT2D eigenvalue weighted by Crippen LogP contribution is 2.34. The molecule has 0 spiro atoms. The van der Waals surface area contributed by atoms with Crippen molar-refractivity contribution in [3.63, 3.8) is 0 Å². The number of nitrogens with zero attached hydrogens (tertiary/aromatic N) is 4. The molecule has 2 aromatic carbocycles. The number of aromatic carboxylic acids is 1. The molecule has 0 saturated carbocycles. The molecule has 42 heavy (non-hydrogen) atoms. The zero-order chi connectivity index (χ0) is 29.3. The fraction of sp³-hybridized carbons (Fsp3) is 0.406. The van der Waals surface area contributed by atoms with E-state index in [4.69, 9.17) is 31.0 Å². The maximum absolute atomic E-state index is 14.1. The summed E-state index contributed by atoms with van der Waals surface area (Å²) in [5, 5.41) is 9.94. The summed E-state index contributed by atoms with van der Waals surface area (Å²) in [5.41, 5.74) is 3.32. The van der Waals surface area contributed by atoms with Gasteiger partial charge < -0.3 is 19.1 Å². The highest BCUT2D eigenvalue weighted by Gasteiger charge is 2.32. The van der Waals surface area contributed by atoms with E-state index in [9.17, 15) is 14.3 Å². The number of fused-ring (bicyclic) bond motifs is 1. The lowest BCUT2D eigenvalue weighted by Gasteiger charge is -2.32. The minimum Gasteiger partial charge on any atom is -0.478 e. The molecule has 0 aliphatic carbocycles. The summed E-state index contributed by atoms with van der Waals surface area (Å²) in [6.07, 6.45) is 2.84. The number of likely N-dealkylation sites (tertiary alicyclic amines) is 1. The smallest absolute Gasteiger partial charge is 0.335 e. The summed E-state index contributed by atoms with van der Waals surface area (Å²) in [4.78, 5) is 23.8. The van der Waals surface area contributed by atoms with Crippen molar-refractivity contribution in [2.24, 2.45) is 5.41 Å². The molecule has 2 saturated heterocycles. The summed E-state index contributed by atoms with van der Waals surface area (Å²) < 4.78 is 27.9. The van der Waals surface area contributed by atoms with Crippen molar-refractivity contribution in [1.82, 2.24) is 19.4 Å². The molecule has 6 rings (SSSR count). The third-order valence-corrected chi connectivity index (χ3v) is 8.66. The Hall–Kier alpha value is -3.53. The van der Waals surface area contributed by atoms with Gasteiger partial charge in [-0.15, -0.1) is 0 Å². The van der Waals surface area contributed by atoms with Crippen molar-refractivity contribution in [2.45, 2.75) is 51.8 Å². The summed E-state index contributed by atoms with van der Waals surface area (Å²) in [7, 11) is 0. The minimum absolute atomic E-state index is 0.0211. The van der Waals surface area contributed by atoms with E-state index in [1.807, 2.05) is 12.1 Å². The number of carboxylic acid groups (broad SMARTS) is 1. The fourth-order valence-electron chi connectivity index (χ4n) is 5.93. The molecular weight excluding hydrogens is 559 g/mol. The van der Waals surface area contributed by atoms with E-state index in [1.165, 1.54) is 6.07 Å². The number of hydrogen-bond donors (Lipinski definition) is 1. The second-order valence-electron chi connectivity index (χ2n) is 11.7. The zero-order valence-electron chi connectivity index (χ0n) is 23.6. The van der Waals surface area contributed by atoms with Crippen LogP contribution in [-0.4, -0.2) is 56.8 Å². The number of pyridine rings is 1. The molecule has 0 bridgehead atoms. The van der Waals surface area contributed by atoms with Gasteiger partial charge in [0.25, 0.3) is 0 Å². The molecule has 4 aromatic rings. The van der Waals surface area contributed by atoms with Crippen molar-refractivity contribution >= 4 is 28.6 Å². The lowest BCUT2D eigenvalue weighted by atomic mass is 9.90. The van der Waals surface area contributed by atoms with Crippen molar-refractivity contribution in [2.75, 3.05) is 26.3 Å². The predicted molar refractivity (Wildman–Crippen MR) is 157 cm³/mol. The largest absolute Gasteiger partial charge is 0.478 e. The van der Waals surface area contributed by atoms with Gasteiger partial charge in [0.15, 0.2) is 0 Å². The van der Waals surface area contributed by atoms with E-state index >= 15 is 0 Å². The van der Waals surface area contributed by atoms with E-state index in [0.717, 1.165) is 68.1 Å². The number of piperidine rings is 1. The van der Waals surface area contributed by atoms with Crippen molar-refractivity contribution in [3.8, 4) is 5.88 Å². The zero-order valence-corrected chi connectivity index (χ0v) is 24.3. The van der Waals surface area contributed by atoms with Crippen LogP contribution in [-0.2, 0) is 24.4 Å². The lowest BCUT2D eigenvalue weighted by molar-refractivity contribution is 0.0697. The second-order valence-corrected chi connectivity index (χ2v) is 12.1.